The Kier molecular flexibility index (Phi) is 6.50. The van der Waals surface area contributed by atoms with E-state index in [0.717, 1.165) is 5.75 Å². The maximum atomic E-state index is 12.9. The summed E-state index contributed by atoms with van der Waals surface area (Å²) in [6, 6.07) is 6.65. The first-order valence-corrected chi connectivity index (χ1v) is 15.9. The van der Waals surface area contributed by atoms with Crippen molar-refractivity contribution >= 4 is 32.6 Å². The molecule has 0 fully saturated rings. The third-order valence-electron chi connectivity index (χ3n) is 4.14. The number of hydrogen-bond acceptors (Lipinski definition) is 2. The summed E-state index contributed by atoms with van der Waals surface area (Å²) in [4.78, 5) is 14.7. The Balaban J connectivity index is 3.43. The third-order valence-corrected chi connectivity index (χ3v) is 8.16. The molecule has 0 aromatic heterocycles. The van der Waals surface area contributed by atoms with E-state index in [1.165, 1.54) is 10.4 Å². The van der Waals surface area contributed by atoms with Gasteiger partial charge in [0.05, 0.1) is 16.1 Å². The predicted octanol–water partition coefficient (Wildman–Crippen LogP) is 4.39. The van der Waals surface area contributed by atoms with E-state index < -0.39 is 16.1 Å². The Bertz CT molecular complexity index is 544. The average Bonchev–Trinajstić information content (AvgIpc) is 2.34. The van der Waals surface area contributed by atoms with Crippen LogP contribution in [0, 0.1) is 0 Å². The fraction of sp³-hybridized carbons (Fsp3) is 0.632. The van der Waals surface area contributed by atoms with Crippen LogP contribution in [0.4, 0.5) is 4.79 Å². The molecule has 3 nitrogen and oxygen atoms in total. The van der Waals surface area contributed by atoms with Crippen LogP contribution in [0.5, 0.6) is 5.75 Å². The minimum atomic E-state index is -1.62. The Morgan fingerprint density at radius 2 is 1.25 bits per heavy atom. The van der Waals surface area contributed by atoms with Crippen LogP contribution in [0.15, 0.2) is 18.2 Å². The Morgan fingerprint density at radius 1 is 0.875 bits per heavy atom. The molecule has 5 heteroatoms. The minimum absolute atomic E-state index is 0.117. The molecular formula is C19H35NO2Si2. The number of para-hydroxylation sites is 1. The molecule has 136 valence electrons. The minimum Gasteiger partial charge on any atom is -0.410 e. The second-order valence-electron chi connectivity index (χ2n) is 9.14. The lowest BCUT2D eigenvalue weighted by Gasteiger charge is -2.32. The van der Waals surface area contributed by atoms with Crippen LogP contribution < -0.4 is 15.1 Å². The van der Waals surface area contributed by atoms with Crippen molar-refractivity contribution in [3.63, 3.8) is 0 Å². The zero-order chi connectivity index (χ0) is 18.9. The summed E-state index contributed by atoms with van der Waals surface area (Å²) in [6.07, 6.45) is -0.231. The van der Waals surface area contributed by atoms with Gasteiger partial charge in [-0.1, -0.05) is 57.5 Å². The number of ether oxygens (including phenoxy) is 1. The molecule has 0 bridgehead atoms. The lowest BCUT2D eigenvalue weighted by atomic mass is 10.2. The van der Waals surface area contributed by atoms with Crippen molar-refractivity contribution in [1.29, 1.82) is 0 Å². The van der Waals surface area contributed by atoms with E-state index in [1.54, 1.807) is 0 Å². The second-order valence-corrected chi connectivity index (χ2v) is 19.2. The van der Waals surface area contributed by atoms with Crippen LogP contribution in [0.3, 0.4) is 0 Å². The van der Waals surface area contributed by atoms with Gasteiger partial charge in [-0.15, -0.1) is 0 Å². The van der Waals surface area contributed by atoms with Gasteiger partial charge in [-0.2, -0.15) is 0 Å². The average molecular weight is 366 g/mol. The summed E-state index contributed by atoms with van der Waals surface area (Å²) in [5.74, 6) is 0.840. The van der Waals surface area contributed by atoms with Crippen LogP contribution in [-0.2, 0) is 0 Å². The van der Waals surface area contributed by atoms with Gasteiger partial charge in [0.1, 0.15) is 5.75 Å². The molecule has 0 atom stereocenters. The van der Waals surface area contributed by atoms with Crippen LogP contribution in [-0.4, -0.2) is 39.2 Å². The molecule has 1 amide bonds. The molecule has 0 aliphatic carbocycles. The van der Waals surface area contributed by atoms with Crippen molar-refractivity contribution in [3.8, 4) is 5.75 Å². The molecule has 0 unspecified atom stereocenters. The number of benzene rings is 1. The molecule has 1 aromatic rings. The van der Waals surface area contributed by atoms with Crippen molar-refractivity contribution in [2.45, 2.75) is 79.1 Å². The van der Waals surface area contributed by atoms with Crippen LogP contribution in [0.25, 0.3) is 0 Å². The number of amides is 1. The zero-order valence-corrected chi connectivity index (χ0v) is 19.2. The van der Waals surface area contributed by atoms with E-state index in [1.807, 2.05) is 32.6 Å². The summed E-state index contributed by atoms with van der Waals surface area (Å²) < 4.78 is 6.07. The highest BCUT2D eigenvalue weighted by Crippen LogP contribution is 2.19. The summed E-state index contributed by atoms with van der Waals surface area (Å²) in [5.41, 5.74) is 0. The highest BCUT2D eigenvalue weighted by Gasteiger charge is 2.31. The van der Waals surface area contributed by atoms with Crippen molar-refractivity contribution in [1.82, 2.24) is 4.90 Å². The van der Waals surface area contributed by atoms with Gasteiger partial charge >= 0.3 is 6.09 Å². The van der Waals surface area contributed by atoms with E-state index in [4.69, 9.17) is 4.74 Å². The smallest absolute Gasteiger partial charge is 0.410 e. The molecule has 0 saturated heterocycles. The summed E-state index contributed by atoms with van der Waals surface area (Å²) in [6.45, 7) is 21.9. The fourth-order valence-corrected chi connectivity index (χ4v) is 6.04. The first kappa shape index (κ1) is 21.0. The van der Waals surface area contributed by atoms with Gasteiger partial charge in [0.25, 0.3) is 0 Å². The standard InChI is InChI=1S/C19H35NO2Si2/c1-14(2)20(15(3)4)19(21)22-18-16(23(5,6)7)12-11-13-17(18)24(8,9)10/h11-15H,1-10H3. The van der Waals surface area contributed by atoms with E-state index in [9.17, 15) is 4.79 Å². The van der Waals surface area contributed by atoms with Gasteiger partial charge in [0.2, 0.25) is 0 Å². The second kappa shape index (κ2) is 7.44. The lowest BCUT2D eigenvalue weighted by molar-refractivity contribution is 0.123. The molecule has 0 heterocycles. The van der Waals surface area contributed by atoms with Crippen molar-refractivity contribution < 1.29 is 9.53 Å². The maximum Gasteiger partial charge on any atom is 0.415 e. The molecule has 0 aliphatic rings. The zero-order valence-electron chi connectivity index (χ0n) is 17.2. The molecular weight excluding hydrogens is 330 g/mol. The van der Waals surface area contributed by atoms with Crippen LogP contribution in [0.1, 0.15) is 27.7 Å². The number of carbonyl (C=O) groups is 1. The van der Waals surface area contributed by atoms with Gasteiger partial charge in [-0.3, -0.25) is 0 Å². The van der Waals surface area contributed by atoms with Gasteiger partial charge in [-0.25, -0.2) is 4.79 Å². The lowest BCUT2D eigenvalue weighted by Crippen LogP contribution is -2.50. The Labute approximate surface area is 150 Å². The van der Waals surface area contributed by atoms with Crippen molar-refractivity contribution in [3.05, 3.63) is 18.2 Å². The van der Waals surface area contributed by atoms with Gasteiger partial charge in [0.15, 0.2) is 0 Å². The van der Waals surface area contributed by atoms with Crippen LogP contribution >= 0.6 is 0 Å². The SMILES string of the molecule is CC(C)N(C(=O)Oc1c([Si](C)(C)C)cccc1[Si](C)(C)C)C(C)C. The highest BCUT2D eigenvalue weighted by atomic mass is 28.3. The van der Waals surface area contributed by atoms with Crippen molar-refractivity contribution in [2.24, 2.45) is 0 Å². The van der Waals surface area contributed by atoms with E-state index >= 15 is 0 Å². The molecule has 24 heavy (non-hydrogen) atoms. The fourth-order valence-electron chi connectivity index (χ4n) is 2.99. The van der Waals surface area contributed by atoms with E-state index in [-0.39, 0.29) is 18.2 Å². The monoisotopic (exact) mass is 365 g/mol. The van der Waals surface area contributed by atoms with E-state index in [0.29, 0.717) is 0 Å². The summed E-state index contributed by atoms with van der Waals surface area (Å²) >= 11 is 0. The predicted molar refractivity (Wildman–Crippen MR) is 111 cm³/mol. The molecule has 0 radical (unpaired) electrons. The molecule has 0 N–H and O–H groups in total. The number of hydrogen-bond donors (Lipinski definition) is 0. The first-order chi connectivity index (χ1) is 10.8. The normalized spacial score (nSPS) is 12.7. The largest absolute Gasteiger partial charge is 0.415 e. The Morgan fingerprint density at radius 3 is 1.54 bits per heavy atom. The van der Waals surface area contributed by atoms with Crippen molar-refractivity contribution in [2.75, 3.05) is 0 Å². The highest BCUT2D eigenvalue weighted by molar-refractivity contribution is 6.92. The van der Waals surface area contributed by atoms with Gasteiger partial charge < -0.3 is 9.64 Å². The topological polar surface area (TPSA) is 29.5 Å². The Hall–Kier alpha value is -1.08. The number of nitrogens with zero attached hydrogens (tertiary/aromatic N) is 1. The quantitative estimate of drug-likeness (QED) is 0.724. The molecule has 0 spiro atoms. The molecule has 1 rings (SSSR count). The molecule has 1 aromatic carbocycles. The van der Waals surface area contributed by atoms with Crippen LogP contribution in [0.2, 0.25) is 39.3 Å². The summed E-state index contributed by atoms with van der Waals surface area (Å²) in [7, 11) is -3.24. The number of rotatable bonds is 5. The number of carbonyl (C=O) groups excluding carboxylic acids is 1. The van der Waals surface area contributed by atoms with E-state index in [2.05, 4.69) is 57.5 Å². The molecule has 0 aliphatic heterocycles. The summed E-state index contributed by atoms with van der Waals surface area (Å²) in [5, 5.41) is 2.48. The first-order valence-electron chi connectivity index (χ1n) is 8.91. The molecule has 0 saturated carbocycles. The van der Waals surface area contributed by atoms with Gasteiger partial charge in [0, 0.05) is 12.1 Å². The van der Waals surface area contributed by atoms with Gasteiger partial charge in [-0.05, 0) is 38.1 Å². The third kappa shape index (κ3) is 4.96. The maximum absolute atomic E-state index is 12.9.